The molecule has 9 heteroatoms. The molecule has 26 heavy (non-hydrogen) atoms. The van der Waals surface area contributed by atoms with Crippen LogP contribution in [0.3, 0.4) is 0 Å². The third-order valence-corrected chi connectivity index (χ3v) is 4.63. The van der Waals surface area contributed by atoms with E-state index in [9.17, 15) is 23.2 Å². The molecule has 0 amide bonds. The topological polar surface area (TPSA) is 85.3 Å². The molecule has 1 atom stereocenters. The smallest absolute Gasteiger partial charge is 0.417 e. The van der Waals surface area contributed by atoms with Gasteiger partial charge in [0, 0.05) is 4.47 Å². The van der Waals surface area contributed by atoms with Crippen LogP contribution in [0.5, 0.6) is 0 Å². The molecule has 1 aromatic rings. The van der Waals surface area contributed by atoms with Crippen molar-refractivity contribution in [3.8, 4) is 6.07 Å². The van der Waals surface area contributed by atoms with Crippen molar-refractivity contribution in [3.05, 3.63) is 56.6 Å². The van der Waals surface area contributed by atoms with E-state index in [1.165, 1.54) is 19.1 Å². The van der Waals surface area contributed by atoms with Gasteiger partial charge in [0.15, 0.2) is 0 Å². The van der Waals surface area contributed by atoms with Crippen LogP contribution in [0.2, 0.25) is 0 Å². The van der Waals surface area contributed by atoms with Gasteiger partial charge in [0.2, 0.25) is 5.88 Å². The summed E-state index contributed by atoms with van der Waals surface area (Å²) in [6.45, 7) is 3.07. The Morgan fingerprint density at radius 2 is 2.12 bits per heavy atom. The van der Waals surface area contributed by atoms with Gasteiger partial charge in [-0.05, 0) is 41.4 Å². The summed E-state index contributed by atoms with van der Waals surface area (Å²) < 4.78 is 49.7. The summed E-state index contributed by atoms with van der Waals surface area (Å²) >= 11 is 2.96. The maximum absolute atomic E-state index is 13.2. The van der Waals surface area contributed by atoms with Crippen LogP contribution in [0.15, 0.2) is 45.5 Å². The highest BCUT2D eigenvalue weighted by atomic mass is 79.9. The Bertz CT molecular complexity index is 854. The summed E-state index contributed by atoms with van der Waals surface area (Å²) in [6, 6.07) is 5.29. The van der Waals surface area contributed by atoms with E-state index in [-0.39, 0.29) is 39.4 Å². The lowest BCUT2D eigenvalue weighted by Gasteiger charge is -2.28. The molecule has 0 saturated carbocycles. The summed E-state index contributed by atoms with van der Waals surface area (Å²) in [5.41, 5.74) is 4.62. The molecule has 5 nitrogen and oxygen atoms in total. The second kappa shape index (κ2) is 7.41. The van der Waals surface area contributed by atoms with Crippen molar-refractivity contribution >= 4 is 21.9 Å². The fraction of sp³-hybridized carbons (Fsp3) is 0.294. The standard InChI is InChI=1S/C17H14BrF3N2O3/c1-3-25-16(24)12-8(2)26-15(23)10(7-22)13(12)9-5-4-6-11(14(9)18)17(19,20)21/h4-6,13H,3,23H2,1-2H3. The van der Waals surface area contributed by atoms with Gasteiger partial charge in [-0.15, -0.1) is 0 Å². The lowest BCUT2D eigenvalue weighted by Crippen LogP contribution is -2.26. The van der Waals surface area contributed by atoms with E-state index in [1.54, 1.807) is 6.92 Å². The molecule has 2 rings (SSSR count). The summed E-state index contributed by atoms with van der Waals surface area (Å²) in [5.74, 6) is -2.15. The highest BCUT2D eigenvalue weighted by Gasteiger charge is 2.40. The largest absolute Gasteiger partial charge is 0.463 e. The summed E-state index contributed by atoms with van der Waals surface area (Å²) in [5, 5.41) is 9.45. The van der Waals surface area contributed by atoms with E-state index < -0.39 is 23.6 Å². The molecule has 0 fully saturated rings. The number of nitrogens with zero attached hydrogens (tertiary/aromatic N) is 1. The van der Waals surface area contributed by atoms with Gasteiger partial charge in [0.05, 0.1) is 23.7 Å². The number of hydrogen-bond acceptors (Lipinski definition) is 5. The number of ether oxygens (including phenoxy) is 2. The van der Waals surface area contributed by atoms with Crippen LogP contribution >= 0.6 is 15.9 Å². The maximum Gasteiger partial charge on any atom is 0.417 e. The SMILES string of the molecule is CCOC(=O)C1=C(C)OC(N)=C(C#N)C1c1cccc(C(F)(F)F)c1Br. The molecular formula is C17H14BrF3N2O3. The molecule has 2 N–H and O–H groups in total. The zero-order valence-corrected chi connectivity index (χ0v) is 15.4. The van der Waals surface area contributed by atoms with Crippen molar-refractivity contribution < 1.29 is 27.4 Å². The molecule has 1 aromatic carbocycles. The number of halogens is 4. The van der Waals surface area contributed by atoms with Gasteiger partial charge in [0.1, 0.15) is 17.4 Å². The molecule has 0 spiro atoms. The molecule has 0 saturated heterocycles. The number of alkyl halides is 3. The molecule has 0 aromatic heterocycles. The molecule has 0 aliphatic carbocycles. The fourth-order valence-electron chi connectivity index (χ4n) is 2.66. The number of benzene rings is 1. The van der Waals surface area contributed by atoms with Crippen LogP contribution in [0.25, 0.3) is 0 Å². The third kappa shape index (κ3) is 3.55. The predicted octanol–water partition coefficient (Wildman–Crippen LogP) is 4.11. The van der Waals surface area contributed by atoms with Gasteiger partial charge in [0.25, 0.3) is 0 Å². The van der Waals surface area contributed by atoms with Crippen LogP contribution in [-0.2, 0) is 20.4 Å². The summed E-state index contributed by atoms with van der Waals surface area (Å²) in [6.07, 6.45) is -4.62. The van der Waals surface area contributed by atoms with E-state index in [2.05, 4.69) is 15.9 Å². The number of allylic oxidation sites excluding steroid dienone is 2. The Morgan fingerprint density at radius 3 is 2.65 bits per heavy atom. The normalized spacial score (nSPS) is 17.7. The minimum Gasteiger partial charge on any atom is -0.463 e. The first kappa shape index (κ1) is 19.8. The van der Waals surface area contributed by atoms with Gasteiger partial charge in [-0.1, -0.05) is 12.1 Å². The highest BCUT2D eigenvalue weighted by molar-refractivity contribution is 9.10. The number of nitrogens with two attached hydrogens (primary N) is 1. The Kier molecular flexibility index (Phi) is 5.66. The van der Waals surface area contributed by atoms with E-state index >= 15 is 0 Å². The first-order valence-corrected chi connectivity index (χ1v) is 8.23. The molecule has 138 valence electrons. The number of nitriles is 1. The van der Waals surface area contributed by atoms with Crippen molar-refractivity contribution in [1.29, 1.82) is 5.26 Å². The van der Waals surface area contributed by atoms with E-state index in [1.807, 2.05) is 6.07 Å². The van der Waals surface area contributed by atoms with E-state index in [0.717, 1.165) is 6.07 Å². The minimum absolute atomic E-state index is 0.0488. The van der Waals surface area contributed by atoms with Crippen molar-refractivity contribution in [1.82, 2.24) is 0 Å². The van der Waals surface area contributed by atoms with Crippen molar-refractivity contribution in [2.75, 3.05) is 6.61 Å². The first-order valence-electron chi connectivity index (χ1n) is 7.44. The molecule has 1 aliphatic rings. The Hall–Kier alpha value is -2.47. The monoisotopic (exact) mass is 430 g/mol. The Morgan fingerprint density at radius 1 is 1.46 bits per heavy atom. The van der Waals surface area contributed by atoms with Crippen LogP contribution < -0.4 is 5.73 Å². The summed E-state index contributed by atoms with van der Waals surface area (Å²) in [7, 11) is 0. The van der Waals surface area contributed by atoms with Crippen molar-refractivity contribution in [3.63, 3.8) is 0 Å². The van der Waals surface area contributed by atoms with Gasteiger partial charge in [-0.2, -0.15) is 18.4 Å². The zero-order chi connectivity index (χ0) is 19.6. The second-order valence-corrected chi connectivity index (χ2v) is 6.11. The second-order valence-electron chi connectivity index (χ2n) is 5.32. The first-order chi connectivity index (χ1) is 12.1. The zero-order valence-electron chi connectivity index (χ0n) is 13.8. The quantitative estimate of drug-likeness (QED) is 0.729. The van der Waals surface area contributed by atoms with Gasteiger partial charge in [-0.3, -0.25) is 0 Å². The molecule has 1 unspecified atom stereocenters. The predicted molar refractivity (Wildman–Crippen MR) is 89.1 cm³/mol. The minimum atomic E-state index is -4.62. The van der Waals surface area contributed by atoms with Crippen molar-refractivity contribution in [2.24, 2.45) is 5.73 Å². The molecule has 1 heterocycles. The van der Waals surface area contributed by atoms with Crippen LogP contribution in [0.1, 0.15) is 30.9 Å². The van der Waals surface area contributed by atoms with Crippen LogP contribution in [0, 0.1) is 11.3 Å². The molecule has 1 aliphatic heterocycles. The van der Waals surface area contributed by atoms with Crippen LogP contribution in [0.4, 0.5) is 13.2 Å². The van der Waals surface area contributed by atoms with Crippen molar-refractivity contribution in [2.45, 2.75) is 25.9 Å². The van der Waals surface area contributed by atoms with E-state index in [0.29, 0.717) is 0 Å². The number of carbonyl (C=O) groups excluding carboxylic acids is 1. The maximum atomic E-state index is 13.2. The molecule has 0 radical (unpaired) electrons. The summed E-state index contributed by atoms with van der Waals surface area (Å²) in [4.78, 5) is 12.4. The fourth-order valence-corrected chi connectivity index (χ4v) is 3.38. The van der Waals surface area contributed by atoms with Gasteiger partial charge < -0.3 is 15.2 Å². The van der Waals surface area contributed by atoms with Crippen LogP contribution in [-0.4, -0.2) is 12.6 Å². The average Bonchev–Trinajstić information content (AvgIpc) is 2.53. The van der Waals surface area contributed by atoms with Gasteiger partial charge in [-0.25, -0.2) is 4.79 Å². The lowest BCUT2D eigenvalue weighted by molar-refractivity contribution is -0.139. The Labute approximate surface area is 156 Å². The number of carbonyl (C=O) groups is 1. The van der Waals surface area contributed by atoms with Gasteiger partial charge >= 0.3 is 12.1 Å². The molecule has 0 bridgehead atoms. The van der Waals surface area contributed by atoms with E-state index in [4.69, 9.17) is 15.2 Å². The number of esters is 1. The third-order valence-electron chi connectivity index (χ3n) is 3.75. The number of rotatable bonds is 3. The molecular weight excluding hydrogens is 417 g/mol. The average molecular weight is 431 g/mol. The Balaban J connectivity index is 2.75. The lowest BCUT2D eigenvalue weighted by atomic mass is 9.82. The number of hydrogen-bond donors (Lipinski definition) is 1. The highest BCUT2D eigenvalue weighted by Crippen LogP contribution is 2.45.